The lowest BCUT2D eigenvalue weighted by molar-refractivity contribution is 0.345. The molecule has 14 heavy (non-hydrogen) atoms. The van der Waals surface area contributed by atoms with E-state index in [1.165, 1.54) is 11.1 Å². The van der Waals surface area contributed by atoms with E-state index in [-0.39, 0.29) is 0 Å². The first-order chi connectivity index (χ1) is 6.67. The van der Waals surface area contributed by atoms with Crippen LogP contribution in [0.15, 0.2) is 18.2 Å². The molecule has 0 fully saturated rings. The molecule has 0 atom stereocenters. The first kappa shape index (κ1) is 11.1. The van der Waals surface area contributed by atoms with Crippen molar-refractivity contribution in [3.8, 4) is 5.75 Å². The molecule has 1 aromatic rings. The van der Waals surface area contributed by atoms with Crippen LogP contribution >= 0.6 is 0 Å². The molecule has 0 N–H and O–H groups in total. The minimum absolute atomic E-state index is 0.966. The fourth-order valence-electron chi connectivity index (χ4n) is 1.46. The van der Waals surface area contributed by atoms with Crippen LogP contribution in [0.4, 0.5) is 0 Å². The summed E-state index contributed by atoms with van der Waals surface area (Å²) in [5.74, 6) is 0.966. The molecule has 0 amide bonds. The molecule has 0 bridgehead atoms. The van der Waals surface area contributed by atoms with Crippen LogP contribution in [0.5, 0.6) is 5.75 Å². The molecule has 0 aromatic heterocycles. The van der Waals surface area contributed by atoms with Gasteiger partial charge in [-0.05, 0) is 37.7 Å². The number of rotatable bonds is 4. The third-order valence-electron chi connectivity index (χ3n) is 2.45. The quantitative estimate of drug-likeness (QED) is 0.728. The zero-order valence-electron chi connectivity index (χ0n) is 9.50. The number of ether oxygens (including phenoxy) is 1. The van der Waals surface area contributed by atoms with Crippen molar-refractivity contribution in [1.82, 2.24) is 4.90 Å². The van der Waals surface area contributed by atoms with Gasteiger partial charge in [0.1, 0.15) is 5.75 Å². The Morgan fingerprint density at radius 2 is 2.07 bits per heavy atom. The van der Waals surface area contributed by atoms with E-state index >= 15 is 0 Å². The van der Waals surface area contributed by atoms with Gasteiger partial charge in [-0.15, -0.1) is 0 Å². The highest BCUT2D eigenvalue weighted by atomic mass is 16.5. The Labute approximate surface area is 86.5 Å². The van der Waals surface area contributed by atoms with E-state index in [1.807, 2.05) is 6.07 Å². The van der Waals surface area contributed by atoms with Gasteiger partial charge in [0.15, 0.2) is 0 Å². The summed E-state index contributed by atoms with van der Waals surface area (Å²) in [6.07, 6.45) is 0. The van der Waals surface area contributed by atoms with E-state index in [4.69, 9.17) is 4.74 Å². The van der Waals surface area contributed by atoms with Crippen LogP contribution in [0.3, 0.4) is 0 Å². The summed E-state index contributed by atoms with van der Waals surface area (Å²) in [6.45, 7) is 6.32. The molecule has 2 heteroatoms. The van der Waals surface area contributed by atoms with Crippen LogP contribution in [0.2, 0.25) is 0 Å². The topological polar surface area (TPSA) is 12.5 Å². The molecule has 78 valence electrons. The Morgan fingerprint density at radius 1 is 1.36 bits per heavy atom. The van der Waals surface area contributed by atoms with Crippen LogP contribution < -0.4 is 4.74 Å². The van der Waals surface area contributed by atoms with E-state index in [0.717, 1.165) is 18.8 Å². The van der Waals surface area contributed by atoms with Gasteiger partial charge in [0.05, 0.1) is 7.11 Å². The molecule has 0 aliphatic rings. The number of benzene rings is 1. The van der Waals surface area contributed by atoms with Gasteiger partial charge in [-0.2, -0.15) is 0 Å². The minimum atomic E-state index is 0.966. The molecule has 0 saturated carbocycles. The number of aryl methyl sites for hydroxylation is 1. The van der Waals surface area contributed by atoms with Crippen LogP contribution in [0.1, 0.15) is 18.1 Å². The molecule has 0 aliphatic carbocycles. The molecule has 1 rings (SSSR count). The lowest BCUT2D eigenvalue weighted by Crippen LogP contribution is -2.16. The minimum Gasteiger partial charge on any atom is -0.496 e. The van der Waals surface area contributed by atoms with Gasteiger partial charge in [-0.3, -0.25) is 0 Å². The molecule has 0 aliphatic heterocycles. The van der Waals surface area contributed by atoms with Crippen molar-refractivity contribution in [3.05, 3.63) is 29.3 Å². The Kier molecular flexibility index (Phi) is 3.96. The number of hydrogen-bond donors (Lipinski definition) is 0. The standard InChI is InChI=1S/C12H19NO/c1-5-13(3)9-11-6-7-12(14-4)10(2)8-11/h6-8H,5,9H2,1-4H3. The summed E-state index contributed by atoms with van der Waals surface area (Å²) in [6, 6.07) is 6.34. The maximum Gasteiger partial charge on any atom is 0.121 e. The summed E-state index contributed by atoms with van der Waals surface area (Å²) in [5.41, 5.74) is 2.54. The maximum absolute atomic E-state index is 5.22. The van der Waals surface area contributed by atoms with Gasteiger partial charge >= 0.3 is 0 Å². The van der Waals surface area contributed by atoms with Crippen LogP contribution in [-0.2, 0) is 6.54 Å². The molecule has 0 saturated heterocycles. The average Bonchev–Trinajstić information content (AvgIpc) is 2.18. The molecule has 0 radical (unpaired) electrons. The van der Waals surface area contributed by atoms with Gasteiger partial charge in [-0.25, -0.2) is 0 Å². The second-order valence-electron chi connectivity index (χ2n) is 3.63. The fourth-order valence-corrected chi connectivity index (χ4v) is 1.46. The van der Waals surface area contributed by atoms with Crippen molar-refractivity contribution in [3.63, 3.8) is 0 Å². The summed E-state index contributed by atoms with van der Waals surface area (Å²) >= 11 is 0. The smallest absolute Gasteiger partial charge is 0.121 e. The van der Waals surface area contributed by atoms with Gasteiger partial charge in [0.25, 0.3) is 0 Å². The Hall–Kier alpha value is -1.02. The van der Waals surface area contributed by atoms with E-state index in [1.54, 1.807) is 7.11 Å². The fraction of sp³-hybridized carbons (Fsp3) is 0.500. The van der Waals surface area contributed by atoms with E-state index < -0.39 is 0 Å². The molecule has 0 unspecified atom stereocenters. The van der Waals surface area contributed by atoms with E-state index in [9.17, 15) is 0 Å². The van der Waals surface area contributed by atoms with Crippen molar-refractivity contribution in [2.75, 3.05) is 20.7 Å². The maximum atomic E-state index is 5.22. The first-order valence-corrected chi connectivity index (χ1v) is 4.99. The summed E-state index contributed by atoms with van der Waals surface area (Å²) in [7, 11) is 3.83. The zero-order chi connectivity index (χ0) is 10.6. The summed E-state index contributed by atoms with van der Waals surface area (Å²) in [4.78, 5) is 2.28. The van der Waals surface area contributed by atoms with Crippen molar-refractivity contribution in [1.29, 1.82) is 0 Å². The highest BCUT2D eigenvalue weighted by Gasteiger charge is 2.01. The molecular formula is C12H19NO. The number of methoxy groups -OCH3 is 1. The Bertz CT molecular complexity index is 296. The molecule has 1 aromatic carbocycles. The van der Waals surface area contributed by atoms with Crippen LogP contribution in [0, 0.1) is 6.92 Å². The molecular weight excluding hydrogens is 174 g/mol. The van der Waals surface area contributed by atoms with Crippen molar-refractivity contribution in [2.24, 2.45) is 0 Å². The summed E-state index contributed by atoms with van der Waals surface area (Å²) < 4.78 is 5.22. The molecule has 0 heterocycles. The predicted octanol–water partition coefficient (Wildman–Crippen LogP) is 2.46. The third-order valence-corrected chi connectivity index (χ3v) is 2.45. The first-order valence-electron chi connectivity index (χ1n) is 4.99. The van der Waals surface area contributed by atoms with Gasteiger partial charge < -0.3 is 9.64 Å². The summed E-state index contributed by atoms with van der Waals surface area (Å²) in [5, 5.41) is 0. The lowest BCUT2D eigenvalue weighted by Gasteiger charge is -2.14. The van der Waals surface area contributed by atoms with Crippen molar-refractivity contribution < 1.29 is 4.74 Å². The lowest BCUT2D eigenvalue weighted by atomic mass is 10.1. The number of nitrogens with zero attached hydrogens (tertiary/aromatic N) is 1. The predicted molar refractivity (Wildman–Crippen MR) is 59.7 cm³/mol. The second kappa shape index (κ2) is 5.01. The van der Waals surface area contributed by atoms with E-state index in [2.05, 4.69) is 37.9 Å². The molecule has 2 nitrogen and oxygen atoms in total. The highest BCUT2D eigenvalue weighted by Crippen LogP contribution is 2.18. The van der Waals surface area contributed by atoms with Crippen LogP contribution in [-0.4, -0.2) is 25.6 Å². The molecule has 0 spiro atoms. The van der Waals surface area contributed by atoms with Crippen molar-refractivity contribution in [2.45, 2.75) is 20.4 Å². The Morgan fingerprint density at radius 3 is 2.57 bits per heavy atom. The monoisotopic (exact) mass is 193 g/mol. The van der Waals surface area contributed by atoms with Gasteiger partial charge in [0, 0.05) is 6.54 Å². The van der Waals surface area contributed by atoms with Gasteiger partial charge in [0.2, 0.25) is 0 Å². The SMILES string of the molecule is CCN(C)Cc1ccc(OC)c(C)c1. The van der Waals surface area contributed by atoms with Crippen molar-refractivity contribution >= 4 is 0 Å². The zero-order valence-corrected chi connectivity index (χ0v) is 9.50. The average molecular weight is 193 g/mol. The third kappa shape index (κ3) is 2.74. The second-order valence-corrected chi connectivity index (χ2v) is 3.63. The van der Waals surface area contributed by atoms with E-state index in [0.29, 0.717) is 0 Å². The number of hydrogen-bond acceptors (Lipinski definition) is 2. The highest BCUT2D eigenvalue weighted by molar-refractivity contribution is 5.36. The van der Waals surface area contributed by atoms with Gasteiger partial charge in [-0.1, -0.05) is 19.1 Å². The Balaban J connectivity index is 2.76. The van der Waals surface area contributed by atoms with Crippen LogP contribution in [0.25, 0.3) is 0 Å². The largest absolute Gasteiger partial charge is 0.496 e. The normalized spacial score (nSPS) is 10.6.